The molecule has 0 amide bonds. The van der Waals surface area contributed by atoms with E-state index >= 15 is 0 Å². The third-order valence-electron chi connectivity index (χ3n) is 3.53. The van der Waals surface area contributed by atoms with Crippen molar-refractivity contribution in [3.63, 3.8) is 0 Å². The summed E-state index contributed by atoms with van der Waals surface area (Å²) in [6, 6.07) is 5.15. The first-order valence-corrected chi connectivity index (χ1v) is 7.60. The summed E-state index contributed by atoms with van der Waals surface area (Å²) in [6.07, 6.45) is 2.60. The van der Waals surface area contributed by atoms with Crippen LogP contribution in [0.5, 0.6) is 0 Å². The molecule has 9 nitrogen and oxygen atoms in total. The standard InChI is InChI=1S/C16H17N3O6/c1-11-10-18(16(22)17-14(11)20)8-2-3-9-25-15(21)12-4-6-13(7-5-12)19(23)24/h4-7,10H,2-3,8-9H2,1H3,(H,17,20,22). The lowest BCUT2D eigenvalue weighted by Crippen LogP contribution is -2.30. The second-order valence-electron chi connectivity index (χ2n) is 5.41. The number of esters is 1. The fourth-order valence-corrected chi connectivity index (χ4v) is 2.14. The number of non-ortho nitro benzene ring substituents is 1. The summed E-state index contributed by atoms with van der Waals surface area (Å²) < 4.78 is 6.48. The van der Waals surface area contributed by atoms with Crippen molar-refractivity contribution in [2.24, 2.45) is 0 Å². The number of carbonyl (C=O) groups excluding carboxylic acids is 1. The molecule has 2 aromatic rings. The van der Waals surface area contributed by atoms with Crippen LogP contribution in [0.1, 0.15) is 28.8 Å². The van der Waals surface area contributed by atoms with Crippen LogP contribution in [0.25, 0.3) is 0 Å². The van der Waals surface area contributed by atoms with Gasteiger partial charge in [-0.1, -0.05) is 0 Å². The molecule has 1 N–H and O–H groups in total. The van der Waals surface area contributed by atoms with Gasteiger partial charge in [-0.3, -0.25) is 19.9 Å². The van der Waals surface area contributed by atoms with Crippen molar-refractivity contribution in [3.05, 3.63) is 72.5 Å². The van der Waals surface area contributed by atoms with Gasteiger partial charge in [-0.05, 0) is 31.9 Å². The van der Waals surface area contributed by atoms with Gasteiger partial charge in [0.1, 0.15) is 0 Å². The Morgan fingerprint density at radius 2 is 1.92 bits per heavy atom. The largest absolute Gasteiger partial charge is 0.462 e. The normalized spacial score (nSPS) is 10.4. The zero-order valence-electron chi connectivity index (χ0n) is 13.6. The summed E-state index contributed by atoms with van der Waals surface area (Å²) in [5.41, 5.74) is -0.294. The van der Waals surface area contributed by atoms with Crippen LogP contribution < -0.4 is 11.2 Å². The number of hydrogen-bond acceptors (Lipinski definition) is 6. The van der Waals surface area contributed by atoms with Crippen LogP contribution in [0.15, 0.2) is 40.1 Å². The second kappa shape index (κ2) is 8.04. The molecule has 1 aromatic carbocycles. The Bertz CT molecular complexity index is 882. The Hall–Kier alpha value is -3.23. The number of aromatic nitrogens is 2. The van der Waals surface area contributed by atoms with E-state index in [1.165, 1.54) is 35.0 Å². The summed E-state index contributed by atoms with van der Waals surface area (Å²) in [5.74, 6) is -0.563. The van der Waals surface area contributed by atoms with E-state index in [9.17, 15) is 24.5 Å². The van der Waals surface area contributed by atoms with Crippen LogP contribution in [-0.4, -0.2) is 27.1 Å². The number of hydrogen-bond donors (Lipinski definition) is 1. The summed E-state index contributed by atoms with van der Waals surface area (Å²) in [4.78, 5) is 46.9. The molecule has 2 rings (SSSR count). The number of nitro benzene ring substituents is 1. The van der Waals surface area contributed by atoms with Crippen molar-refractivity contribution in [2.45, 2.75) is 26.3 Å². The lowest BCUT2D eigenvalue weighted by Gasteiger charge is -2.07. The van der Waals surface area contributed by atoms with Gasteiger partial charge in [0.15, 0.2) is 0 Å². The maximum Gasteiger partial charge on any atom is 0.338 e. The van der Waals surface area contributed by atoms with Crippen LogP contribution in [0, 0.1) is 17.0 Å². The average molecular weight is 347 g/mol. The van der Waals surface area contributed by atoms with Crippen molar-refractivity contribution in [1.82, 2.24) is 9.55 Å². The number of unbranched alkanes of at least 4 members (excludes halogenated alkanes) is 1. The molecule has 25 heavy (non-hydrogen) atoms. The van der Waals surface area contributed by atoms with E-state index < -0.39 is 22.1 Å². The van der Waals surface area contributed by atoms with Crippen LogP contribution in [0.3, 0.4) is 0 Å². The Kier molecular flexibility index (Phi) is 5.83. The van der Waals surface area contributed by atoms with Crippen molar-refractivity contribution in [1.29, 1.82) is 0 Å². The Labute approximate surface area is 142 Å². The zero-order chi connectivity index (χ0) is 18.4. The molecule has 9 heteroatoms. The molecule has 0 bridgehead atoms. The molecule has 1 heterocycles. The lowest BCUT2D eigenvalue weighted by atomic mass is 10.2. The van der Waals surface area contributed by atoms with Crippen LogP contribution in [0.2, 0.25) is 0 Å². The molecule has 0 atom stereocenters. The molecule has 0 saturated heterocycles. The van der Waals surface area contributed by atoms with Gasteiger partial charge in [0.25, 0.3) is 11.2 Å². The Balaban J connectivity index is 1.78. The fraction of sp³-hybridized carbons (Fsp3) is 0.312. The lowest BCUT2D eigenvalue weighted by molar-refractivity contribution is -0.384. The predicted molar refractivity (Wildman–Crippen MR) is 88.7 cm³/mol. The number of benzene rings is 1. The maximum atomic E-state index is 11.8. The van der Waals surface area contributed by atoms with Crippen LogP contribution in [-0.2, 0) is 11.3 Å². The van der Waals surface area contributed by atoms with Gasteiger partial charge in [0.05, 0.1) is 17.1 Å². The fourth-order valence-electron chi connectivity index (χ4n) is 2.14. The van der Waals surface area contributed by atoms with Gasteiger partial charge >= 0.3 is 11.7 Å². The first-order chi connectivity index (χ1) is 11.9. The number of nitrogens with one attached hydrogen (secondary N) is 1. The third-order valence-corrected chi connectivity index (χ3v) is 3.53. The summed E-state index contributed by atoms with van der Waals surface area (Å²) >= 11 is 0. The molecular formula is C16H17N3O6. The molecular weight excluding hydrogens is 330 g/mol. The molecule has 1 aromatic heterocycles. The van der Waals surface area contributed by atoms with Gasteiger partial charge in [0.2, 0.25) is 0 Å². The molecule has 132 valence electrons. The first-order valence-electron chi connectivity index (χ1n) is 7.60. The van der Waals surface area contributed by atoms with E-state index in [1.807, 2.05) is 0 Å². The molecule has 0 fully saturated rings. The van der Waals surface area contributed by atoms with Crippen LogP contribution in [0.4, 0.5) is 5.69 Å². The highest BCUT2D eigenvalue weighted by atomic mass is 16.6. The number of carbonyl (C=O) groups is 1. The summed E-state index contributed by atoms with van der Waals surface area (Å²) in [5, 5.41) is 10.6. The molecule has 0 aliphatic heterocycles. The number of aromatic amines is 1. The van der Waals surface area contributed by atoms with Gasteiger partial charge in [-0.2, -0.15) is 0 Å². The number of aryl methyl sites for hydroxylation is 2. The van der Waals surface area contributed by atoms with Gasteiger partial charge in [-0.25, -0.2) is 9.59 Å². The predicted octanol–water partition coefficient (Wildman–Crippen LogP) is 1.39. The maximum absolute atomic E-state index is 11.8. The monoisotopic (exact) mass is 347 g/mol. The van der Waals surface area contributed by atoms with Gasteiger partial charge in [0, 0.05) is 30.4 Å². The zero-order valence-corrected chi connectivity index (χ0v) is 13.6. The molecule has 0 spiro atoms. The number of rotatable bonds is 7. The van der Waals surface area contributed by atoms with E-state index in [1.54, 1.807) is 6.92 Å². The van der Waals surface area contributed by atoms with Gasteiger partial charge < -0.3 is 9.30 Å². The number of nitrogens with zero attached hydrogens (tertiary/aromatic N) is 2. The number of nitro groups is 1. The van der Waals surface area contributed by atoms with Crippen LogP contribution >= 0.6 is 0 Å². The quantitative estimate of drug-likeness (QED) is 0.349. The number of ether oxygens (including phenoxy) is 1. The van der Waals surface area contributed by atoms with E-state index in [2.05, 4.69) is 4.98 Å². The van der Waals surface area contributed by atoms with Crippen molar-refractivity contribution in [2.75, 3.05) is 6.61 Å². The molecule has 0 aliphatic rings. The second-order valence-corrected chi connectivity index (χ2v) is 5.41. The molecule has 0 aliphatic carbocycles. The van der Waals surface area contributed by atoms with Crippen molar-refractivity contribution >= 4 is 11.7 Å². The van der Waals surface area contributed by atoms with E-state index in [-0.39, 0.29) is 17.9 Å². The van der Waals surface area contributed by atoms with E-state index in [4.69, 9.17) is 4.74 Å². The summed E-state index contributed by atoms with van der Waals surface area (Å²) in [6.45, 7) is 2.17. The highest BCUT2D eigenvalue weighted by molar-refractivity contribution is 5.89. The SMILES string of the molecule is Cc1cn(CCCCOC(=O)c2ccc([N+](=O)[O-])cc2)c(=O)[nH]c1=O. The van der Waals surface area contributed by atoms with Crippen molar-refractivity contribution < 1.29 is 14.5 Å². The van der Waals surface area contributed by atoms with Crippen molar-refractivity contribution in [3.8, 4) is 0 Å². The van der Waals surface area contributed by atoms with E-state index in [0.717, 1.165) is 0 Å². The minimum absolute atomic E-state index is 0.0989. The number of H-pyrrole nitrogens is 1. The highest BCUT2D eigenvalue weighted by Crippen LogP contribution is 2.12. The average Bonchev–Trinajstić information content (AvgIpc) is 2.58. The smallest absolute Gasteiger partial charge is 0.338 e. The Morgan fingerprint density at radius 1 is 1.24 bits per heavy atom. The van der Waals surface area contributed by atoms with Gasteiger partial charge in [-0.15, -0.1) is 0 Å². The molecule has 0 unspecified atom stereocenters. The third kappa shape index (κ3) is 4.87. The minimum atomic E-state index is -0.563. The highest BCUT2D eigenvalue weighted by Gasteiger charge is 2.10. The molecule has 0 saturated carbocycles. The topological polar surface area (TPSA) is 124 Å². The molecule has 0 radical (unpaired) electrons. The minimum Gasteiger partial charge on any atom is -0.462 e. The van der Waals surface area contributed by atoms with E-state index in [0.29, 0.717) is 24.9 Å². The first kappa shape index (κ1) is 18.1. The Morgan fingerprint density at radius 3 is 2.56 bits per heavy atom. The summed E-state index contributed by atoms with van der Waals surface area (Å²) in [7, 11) is 0.